The molecule has 6 nitrogen and oxygen atoms in total. The molecule has 0 aliphatic rings. The van der Waals surface area contributed by atoms with Gasteiger partial charge in [0.25, 0.3) is 18.1 Å². The molecule has 0 fully saturated rings. The monoisotopic (exact) mass is 692 g/mol. The van der Waals surface area contributed by atoms with E-state index >= 15 is 0 Å². The van der Waals surface area contributed by atoms with E-state index in [1.165, 1.54) is 7.11 Å². The number of fused-ring (bicyclic) bond motifs is 4. The van der Waals surface area contributed by atoms with Crippen molar-refractivity contribution in [1.29, 1.82) is 0 Å². The standard InChI is InChI=1S/C42H30O6P2/c1-44-42(43)35-26-30-15-5-9-21-34(30)40(41(35)48-50-46-37-23-11-17-28-13-3-7-19-32(28)37)39-33-20-8-4-14-29(33)24-25-38(39)47-49-45-36-22-10-16-27-12-2-6-18-31(27)36/h2-26,49-50H,1H3. The summed E-state index contributed by atoms with van der Waals surface area (Å²) >= 11 is 0. The lowest BCUT2D eigenvalue weighted by Crippen LogP contribution is -2.06. The number of carbonyl (C=O) groups is 1. The first-order chi connectivity index (χ1) is 24.7. The molecule has 0 heterocycles. The van der Waals surface area contributed by atoms with E-state index in [4.69, 9.17) is 22.8 Å². The summed E-state index contributed by atoms with van der Waals surface area (Å²) in [6, 6.07) is 49.7. The number of hydrogen-bond donors (Lipinski definition) is 0. The minimum atomic E-state index is -0.522. The van der Waals surface area contributed by atoms with Gasteiger partial charge in [0.05, 0.1) is 7.11 Å². The molecule has 2 unspecified atom stereocenters. The number of hydrogen-bond acceptors (Lipinski definition) is 6. The SMILES string of the molecule is COC(=O)c1cc2ccccc2c(-c2c(OPOc3cccc4ccccc34)ccc3ccccc23)c1OPOc1cccc2ccccc12. The van der Waals surface area contributed by atoms with Gasteiger partial charge < -0.3 is 22.8 Å². The predicted octanol–water partition coefficient (Wildman–Crippen LogP) is 11.7. The van der Waals surface area contributed by atoms with Crippen molar-refractivity contribution in [3.63, 3.8) is 0 Å². The second-order valence-corrected chi connectivity index (χ2v) is 12.7. The van der Waals surface area contributed by atoms with Crippen molar-refractivity contribution >= 4 is 67.1 Å². The lowest BCUT2D eigenvalue weighted by Gasteiger charge is -2.21. The molecule has 0 aromatic heterocycles. The number of carbonyl (C=O) groups excluding carboxylic acids is 1. The molecular weight excluding hydrogens is 662 g/mol. The van der Waals surface area contributed by atoms with Crippen molar-refractivity contribution in [2.75, 3.05) is 7.11 Å². The van der Waals surface area contributed by atoms with Gasteiger partial charge in [0, 0.05) is 21.9 Å². The third kappa shape index (κ3) is 6.05. The molecule has 0 N–H and O–H groups in total. The van der Waals surface area contributed by atoms with Crippen molar-refractivity contribution in [3.8, 4) is 34.1 Å². The maximum atomic E-state index is 13.5. The molecule has 8 heteroatoms. The zero-order chi connectivity index (χ0) is 33.9. The van der Waals surface area contributed by atoms with Gasteiger partial charge in [-0.1, -0.05) is 127 Å². The highest BCUT2D eigenvalue weighted by atomic mass is 31.1. The largest absolute Gasteiger partial charge is 0.465 e. The first kappa shape index (κ1) is 31.6. The predicted molar refractivity (Wildman–Crippen MR) is 205 cm³/mol. The van der Waals surface area contributed by atoms with Gasteiger partial charge in [0.15, 0.2) is 0 Å². The van der Waals surface area contributed by atoms with E-state index in [0.29, 0.717) is 22.8 Å². The van der Waals surface area contributed by atoms with Crippen molar-refractivity contribution in [1.82, 2.24) is 0 Å². The van der Waals surface area contributed by atoms with Crippen molar-refractivity contribution < 1.29 is 27.6 Å². The van der Waals surface area contributed by atoms with Gasteiger partial charge in [0.2, 0.25) is 0 Å². The summed E-state index contributed by atoms with van der Waals surface area (Å²) < 4.78 is 30.9. The topological polar surface area (TPSA) is 63.2 Å². The van der Waals surface area contributed by atoms with Gasteiger partial charge in [-0.05, 0) is 56.6 Å². The van der Waals surface area contributed by atoms with Crippen LogP contribution >= 0.6 is 18.1 Å². The Kier molecular flexibility index (Phi) is 8.88. The van der Waals surface area contributed by atoms with E-state index in [9.17, 15) is 4.79 Å². The van der Waals surface area contributed by atoms with Crippen LogP contribution in [-0.4, -0.2) is 13.1 Å². The van der Waals surface area contributed by atoms with E-state index in [0.717, 1.165) is 54.4 Å². The highest BCUT2D eigenvalue weighted by Crippen LogP contribution is 2.50. The Morgan fingerprint density at radius 3 is 1.50 bits per heavy atom. The van der Waals surface area contributed by atoms with Gasteiger partial charge in [-0.15, -0.1) is 0 Å². The second kappa shape index (κ2) is 14.1. The van der Waals surface area contributed by atoms with Gasteiger partial charge in [0.1, 0.15) is 28.6 Å². The molecule has 0 saturated carbocycles. The third-order valence-electron chi connectivity index (χ3n) is 8.65. The number of benzene rings is 8. The molecule has 0 radical (unpaired) electrons. The fourth-order valence-electron chi connectivity index (χ4n) is 6.33. The second-order valence-electron chi connectivity index (χ2n) is 11.5. The van der Waals surface area contributed by atoms with Crippen LogP contribution in [0, 0.1) is 0 Å². The molecule has 2 atom stereocenters. The molecule has 0 bridgehead atoms. The van der Waals surface area contributed by atoms with Crippen LogP contribution in [0.2, 0.25) is 0 Å². The zero-order valence-corrected chi connectivity index (χ0v) is 28.9. The Bertz CT molecular complexity index is 2520. The van der Waals surface area contributed by atoms with Crippen LogP contribution in [0.15, 0.2) is 152 Å². The summed E-state index contributed by atoms with van der Waals surface area (Å²) in [4.78, 5) is 13.5. The molecule has 0 aliphatic carbocycles. The van der Waals surface area contributed by atoms with E-state index in [2.05, 4.69) is 18.2 Å². The van der Waals surface area contributed by atoms with Crippen LogP contribution in [0.4, 0.5) is 0 Å². The van der Waals surface area contributed by atoms with Crippen molar-refractivity contribution in [2.24, 2.45) is 0 Å². The minimum Gasteiger partial charge on any atom is -0.465 e. The molecule has 8 aromatic rings. The molecule has 50 heavy (non-hydrogen) atoms. The molecular formula is C42H30O6P2. The lowest BCUT2D eigenvalue weighted by molar-refractivity contribution is 0.0599. The van der Waals surface area contributed by atoms with Gasteiger partial charge in [-0.25, -0.2) is 4.79 Å². The number of ether oxygens (including phenoxy) is 1. The van der Waals surface area contributed by atoms with E-state index in [1.807, 2.05) is 127 Å². The first-order valence-electron chi connectivity index (χ1n) is 16.0. The van der Waals surface area contributed by atoms with Crippen LogP contribution < -0.4 is 18.1 Å². The quantitative estimate of drug-likeness (QED) is 0.105. The minimum absolute atomic E-state index is 0.281. The molecule has 0 saturated heterocycles. The Hall–Kier alpha value is -5.67. The summed E-state index contributed by atoms with van der Waals surface area (Å²) in [7, 11) is 0.544. The maximum Gasteiger partial charge on any atom is 0.341 e. The fourth-order valence-corrected chi connectivity index (χ4v) is 7.50. The number of methoxy groups -OCH3 is 1. The summed E-state index contributed by atoms with van der Waals surface area (Å²) in [6.45, 7) is 0. The summed E-state index contributed by atoms with van der Waals surface area (Å²) in [5.74, 6) is 1.82. The Balaban J connectivity index is 1.25. The molecule has 0 aliphatic heterocycles. The Morgan fingerprint density at radius 1 is 0.440 bits per heavy atom. The van der Waals surface area contributed by atoms with Gasteiger partial charge in [-0.2, -0.15) is 0 Å². The zero-order valence-electron chi connectivity index (χ0n) is 26.9. The van der Waals surface area contributed by atoms with Crippen LogP contribution in [0.3, 0.4) is 0 Å². The molecule has 0 amide bonds. The number of esters is 1. The first-order valence-corrected chi connectivity index (χ1v) is 17.6. The van der Waals surface area contributed by atoms with E-state index in [-0.39, 0.29) is 14.6 Å². The van der Waals surface area contributed by atoms with Gasteiger partial charge in [-0.3, -0.25) is 0 Å². The van der Waals surface area contributed by atoms with Gasteiger partial charge >= 0.3 is 5.97 Å². The molecule has 8 aromatic carbocycles. The summed E-state index contributed by atoms with van der Waals surface area (Å²) in [5.41, 5.74) is 1.74. The average molecular weight is 693 g/mol. The fraction of sp³-hybridized carbons (Fsp3) is 0.0238. The van der Waals surface area contributed by atoms with Crippen molar-refractivity contribution in [3.05, 3.63) is 157 Å². The van der Waals surface area contributed by atoms with Crippen LogP contribution in [0.1, 0.15) is 10.4 Å². The summed E-state index contributed by atoms with van der Waals surface area (Å²) in [5, 5.41) is 7.77. The molecule has 8 rings (SSSR count). The highest BCUT2D eigenvalue weighted by Gasteiger charge is 2.26. The molecule has 244 valence electrons. The van der Waals surface area contributed by atoms with E-state index < -0.39 is 15.0 Å². The summed E-state index contributed by atoms with van der Waals surface area (Å²) in [6.07, 6.45) is 0. The Morgan fingerprint density at radius 2 is 0.900 bits per heavy atom. The molecule has 0 spiro atoms. The van der Waals surface area contributed by atoms with E-state index in [1.54, 1.807) is 6.07 Å². The third-order valence-corrected chi connectivity index (χ3v) is 9.84. The normalized spacial score (nSPS) is 11.6. The highest BCUT2D eigenvalue weighted by molar-refractivity contribution is 7.27. The van der Waals surface area contributed by atoms with Crippen LogP contribution in [0.25, 0.3) is 54.2 Å². The smallest absolute Gasteiger partial charge is 0.341 e. The van der Waals surface area contributed by atoms with Crippen LogP contribution in [-0.2, 0) is 4.74 Å². The Labute approximate surface area is 292 Å². The van der Waals surface area contributed by atoms with Crippen molar-refractivity contribution in [2.45, 2.75) is 0 Å². The van der Waals surface area contributed by atoms with Crippen LogP contribution in [0.5, 0.6) is 23.0 Å². The maximum absolute atomic E-state index is 13.5. The lowest BCUT2D eigenvalue weighted by atomic mass is 9.90. The average Bonchev–Trinajstić information content (AvgIpc) is 3.17. The number of rotatable bonds is 10.